The number of hydrogen-bond acceptors (Lipinski definition) is 3. The maximum atomic E-state index is 11.2. The third-order valence-electron chi connectivity index (χ3n) is 4.60. The summed E-state index contributed by atoms with van der Waals surface area (Å²) >= 11 is 1.78. The van der Waals surface area contributed by atoms with Gasteiger partial charge >= 0.3 is 0 Å². The van der Waals surface area contributed by atoms with Crippen LogP contribution in [-0.2, 0) is 6.42 Å². The minimum Gasteiger partial charge on any atom is -0.298 e. The Bertz CT molecular complexity index is 852. The molecular weight excluding hydrogens is 290 g/mol. The van der Waals surface area contributed by atoms with Gasteiger partial charge in [0.25, 0.3) is 0 Å². The van der Waals surface area contributed by atoms with Crippen molar-refractivity contribution in [1.29, 1.82) is 0 Å². The number of carbonyl (C=O) groups excluding carboxylic acids is 1. The molecule has 4 rings (SSSR count). The number of aldehydes is 1. The fourth-order valence-electron chi connectivity index (χ4n) is 3.49. The third-order valence-corrected chi connectivity index (χ3v) is 5.48. The molecule has 1 aliphatic heterocycles. The SMILES string of the molecule is CN1CCc2ccc(C=O)cc2C1c1cccc2sccc12. The lowest BCUT2D eigenvalue weighted by Crippen LogP contribution is -2.33. The molecule has 0 saturated carbocycles. The number of nitrogens with zero attached hydrogens (tertiary/aromatic N) is 1. The summed E-state index contributed by atoms with van der Waals surface area (Å²) in [5, 5.41) is 3.48. The largest absolute Gasteiger partial charge is 0.298 e. The smallest absolute Gasteiger partial charge is 0.150 e. The second kappa shape index (κ2) is 5.34. The van der Waals surface area contributed by atoms with Crippen LogP contribution in [0.5, 0.6) is 0 Å². The van der Waals surface area contributed by atoms with Crippen molar-refractivity contribution in [2.75, 3.05) is 13.6 Å². The van der Waals surface area contributed by atoms with Gasteiger partial charge in [0.15, 0.2) is 0 Å². The number of thiophene rings is 1. The molecule has 0 aliphatic carbocycles. The molecule has 3 heteroatoms. The molecule has 0 fully saturated rings. The molecule has 1 atom stereocenters. The van der Waals surface area contributed by atoms with Crippen LogP contribution < -0.4 is 0 Å². The number of hydrogen-bond donors (Lipinski definition) is 0. The van der Waals surface area contributed by atoms with Gasteiger partial charge in [0.2, 0.25) is 0 Å². The highest BCUT2D eigenvalue weighted by Crippen LogP contribution is 2.38. The van der Waals surface area contributed by atoms with Gasteiger partial charge in [0.1, 0.15) is 6.29 Å². The van der Waals surface area contributed by atoms with Crippen LogP contribution in [0.15, 0.2) is 47.8 Å². The van der Waals surface area contributed by atoms with E-state index in [2.05, 4.69) is 53.7 Å². The molecule has 2 nitrogen and oxygen atoms in total. The van der Waals surface area contributed by atoms with Crippen molar-refractivity contribution in [1.82, 2.24) is 4.90 Å². The van der Waals surface area contributed by atoms with Crippen LogP contribution in [-0.4, -0.2) is 24.8 Å². The second-order valence-corrected chi connectivity index (χ2v) is 6.84. The lowest BCUT2D eigenvalue weighted by molar-refractivity contribution is 0.112. The zero-order valence-corrected chi connectivity index (χ0v) is 13.3. The molecule has 0 saturated heterocycles. The standard InChI is InChI=1S/C19H17NOS/c1-20-9-7-14-6-5-13(12-21)11-17(14)19(20)16-3-2-4-18-15(16)8-10-22-18/h2-6,8,10-12,19H,7,9H2,1H3. The van der Waals surface area contributed by atoms with Crippen LogP contribution in [0, 0.1) is 0 Å². The average molecular weight is 307 g/mol. The number of likely N-dealkylation sites (N-methyl/N-ethyl adjacent to an activating group) is 1. The Morgan fingerprint density at radius 3 is 2.95 bits per heavy atom. The van der Waals surface area contributed by atoms with E-state index >= 15 is 0 Å². The van der Waals surface area contributed by atoms with Crippen LogP contribution in [0.2, 0.25) is 0 Å². The molecule has 0 spiro atoms. The van der Waals surface area contributed by atoms with Crippen molar-refractivity contribution >= 4 is 27.7 Å². The summed E-state index contributed by atoms with van der Waals surface area (Å²) in [6.07, 6.45) is 1.98. The first-order valence-electron chi connectivity index (χ1n) is 7.52. The molecule has 2 aromatic carbocycles. The molecule has 22 heavy (non-hydrogen) atoms. The van der Waals surface area contributed by atoms with Gasteiger partial charge in [-0.3, -0.25) is 9.69 Å². The molecule has 110 valence electrons. The Labute approximate surface area is 134 Å². The van der Waals surface area contributed by atoms with Crippen molar-refractivity contribution < 1.29 is 4.79 Å². The molecule has 1 aliphatic rings. The van der Waals surface area contributed by atoms with E-state index in [1.807, 2.05) is 6.07 Å². The Hall–Kier alpha value is -1.97. The van der Waals surface area contributed by atoms with E-state index in [9.17, 15) is 4.79 Å². The first-order chi connectivity index (χ1) is 10.8. The van der Waals surface area contributed by atoms with Gasteiger partial charge in [-0.1, -0.05) is 24.3 Å². The highest BCUT2D eigenvalue weighted by Gasteiger charge is 2.27. The number of rotatable bonds is 2. The monoisotopic (exact) mass is 307 g/mol. The van der Waals surface area contributed by atoms with Crippen LogP contribution in [0.3, 0.4) is 0 Å². The van der Waals surface area contributed by atoms with E-state index in [0.29, 0.717) is 0 Å². The molecule has 0 N–H and O–H groups in total. The predicted molar refractivity (Wildman–Crippen MR) is 91.8 cm³/mol. The summed E-state index contributed by atoms with van der Waals surface area (Å²) in [4.78, 5) is 13.6. The Balaban J connectivity index is 1.95. The van der Waals surface area contributed by atoms with Gasteiger partial charge in [-0.15, -0.1) is 11.3 Å². The highest BCUT2D eigenvalue weighted by atomic mass is 32.1. The first-order valence-corrected chi connectivity index (χ1v) is 8.40. The summed E-state index contributed by atoms with van der Waals surface area (Å²) in [5.41, 5.74) is 4.74. The van der Waals surface area contributed by atoms with Crippen LogP contribution in [0.1, 0.15) is 33.1 Å². The molecule has 0 amide bonds. The van der Waals surface area contributed by atoms with Crippen molar-refractivity contribution in [3.8, 4) is 0 Å². The maximum Gasteiger partial charge on any atom is 0.150 e. The van der Waals surface area contributed by atoms with Gasteiger partial charge in [0.05, 0.1) is 6.04 Å². The quantitative estimate of drug-likeness (QED) is 0.658. The van der Waals surface area contributed by atoms with Crippen LogP contribution in [0.4, 0.5) is 0 Å². The summed E-state index contributed by atoms with van der Waals surface area (Å²) in [5.74, 6) is 0. The first kappa shape index (κ1) is 13.7. The zero-order valence-electron chi connectivity index (χ0n) is 12.5. The Kier molecular flexibility index (Phi) is 3.32. The van der Waals surface area contributed by atoms with Gasteiger partial charge < -0.3 is 0 Å². The number of benzene rings is 2. The van der Waals surface area contributed by atoms with E-state index in [4.69, 9.17) is 0 Å². The summed E-state index contributed by atoms with van der Waals surface area (Å²) in [7, 11) is 2.17. The van der Waals surface area contributed by atoms with Crippen LogP contribution in [0.25, 0.3) is 10.1 Å². The normalized spacial score (nSPS) is 18.3. The van der Waals surface area contributed by atoms with E-state index in [1.54, 1.807) is 11.3 Å². The van der Waals surface area contributed by atoms with E-state index < -0.39 is 0 Å². The van der Waals surface area contributed by atoms with E-state index in [0.717, 1.165) is 24.8 Å². The number of fused-ring (bicyclic) bond motifs is 2. The fourth-order valence-corrected chi connectivity index (χ4v) is 4.31. The Morgan fingerprint density at radius 1 is 1.18 bits per heavy atom. The topological polar surface area (TPSA) is 20.3 Å². The molecule has 3 aromatic rings. The summed E-state index contributed by atoms with van der Waals surface area (Å²) < 4.78 is 1.32. The molecule has 1 unspecified atom stereocenters. The van der Waals surface area contributed by atoms with Gasteiger partial charge in [-0.05, 0) is 59.1 Å². The van der Waals surface area contributed by atoms with Crippen molar-refractivity contribution in [3.63, 3.8) is 0 Å². The molecular formula is C19H17NOS. The molecule has 0 radical (unpaired) electrons. The summed E-state index contributed by atoms with van der Waals surface area (Å²) in [6.45, 7) is 1.04. The highest BCUT2D eigenvalue weighted by molar-refractivity contribution is 7.17. The maximum absolute atomic E-state index is 11.2. The third kappa shape index (κ3) is 2.09. The molecule has 0 bridgehead atoms. The lowest BCUT2D eigenvalue weighted by Gasteiger charge is -2.35. The van der Waals surface area contributed by atoms with Gasteiger partial charge in [0, 0.05) is 16.8 Å². The van der Waals surface area contributed by atoms with Crippen molar-refractivity contribution in [2.24, 2.45) is 0 Å². The summed E-state index contributed by atoms with van der Waals surface area (Å²) in [6, 6.07) is 15.1. The molecule has 2 heterocycles. The van der Waals surface area contributed by atoms with Gasteiger partial charge in [-0.2, -0.15) is 0 Å². The van der Waals surface area contributed by atoms with E-state index in [-0.39, 0.29) is 6.04 Å². The fraction of sp³-hybridized carbons (Fsp3) is 0.211. The minimum absolute atomic E-state index is 0.224. The lowest BCUT2D eigenvalue weighted by atomic mass is 9.86. The zero-order chi connectivity index (χ0) is 15.1. The van der Waals surface area contributed by atoms with Gasteiger partial charge in [-0.25, -0.2) is 0 Å². The van der Waals surface area contributed by atoms with Crippen molar-refractivity contribution in [2.45, 2.75) is 12.5 Å². The van der Waals surface area contributed by atoms with E-state index in [1.165, 1.54) is 26.8 Å². The van der Waals surface area contributed by atoms with Crippen molar-refractivity contribution in [3.05, 3.63) is 70.1 Å². The Morgan fingerprint density at radius 2 is 2.09 bits per heavy atom. The predicted octanol–water partition coefficient (Wildman–Crippen LogP) is 4.29. The second-order valence-electron chi connectivity index (χ2n) is 5.89. The number of carbonyl (C=O) groups is 1. The average Bonchev–Trinajstić information content (AvgIpc) is 3.03. The molecule has 1 aromatic heterocycles. The minimum atomic E-state index is 0.224. The van der Waals surface area contributed by atoms with Crippen LogP contribution >= 0.6 is 11.3 Å².